The number of fused-ring (bicyclic) bond motifs is 1. The Morgan fingerprint density at radius 1 is 1.58 bits per heavy atom. The minimum Gasteiger partial charge on any atom is -0.391 e. The van der Waals surface area contributed by atoms with E-state index in [0.29, 0.717) is 12.2 Å². The van der Waals surface area contributed by atoms with Crippen LogP contribution in [-0.4, -0.2) is 39.4 Å². The van der Waals surface area contributed by atoms with Crippen molar-refractivity contribution in [3.63, 3.8) is 0 Å². The van der Waals surface area contributed by atoms with E-state index in [2.05, 4.69) is 5.32 Å². The quantitative estimate of drug-likeness (QED) is 0.721. The number of carbonyl (C=O) groups excluding carboxylic acids is 2. The molecule has 2 N–H and O–H groups in total. The van der Waals surface area contributed by atoms with Gasteiger partial charge >= 0.3 is 0 Å². The number of aliphatic hydroxyl groups is 1. The number of rotatable bonds is 2. The normalized spacial score (nSPS) is 33.0. The summed E-state index contributed by atoms with van der Waals surface area (Å²) in [5, 5.41) is 12.7. The van der Waals surface area contributed by atoms with Crippen molar-refractivity contribution in [1.29, 1.82) is 0 Å². The molecular weight excluding hydrogens is 244 g/mol. The number of ketones is 1. The van der Waals surface area contributed by atoms with Crippen LogP contribution in [0.3, 0.4) is 0 Å². The zero-order chi connectivity index (χ0) is 14.4. The van der Waals surface area contributed by atoms with Gasteiger partial charge in [0.05, 0.1) is 12.1 Å². The Kier molecular flexibility index (Phi) is 3.26. The van der Waals surface area contributed by atoms with Crippen molar-refractivity contribution >= 4 is 11.7 Å². The van der Waals surface area contributed by atoms with E-state index in [1.165, 1.54) is 12.2 Å². The second-order valence-electron chi connectivity index (χ2n) is 5.76. The summed E-state index contributed by atoms with van der Waals surface area (Å²) in [7, 11) is 0. The molecule has 0 unspecified atom stereocenters. The minimum atomic E-state index is -0.730. The molecule has 5 nitrogen and oxygen atoms in total. The van der Waals surface area contributed by atoms with E-state index in [4.69, 9.17) is 0 Å². The highest BCUT2D eigenvalue weighted by Gasteiger charge is 2.54. The monoisotopic (exact) mass is 264 g/mol. The third kappa shape index (κ3) is 2.18. The Bertz CT molecular complexity index is 491. The first kappa shape index (κ1) is 13.8. The third-order valence-corrected chi connectivity index (χ3v) is 3.83. The summed E-state index contributed by atoms with van der Waals surface area (Å²) in [6.45, 7) is 7.33. The summed E-state index contributed by atoms with van der Waals surface area (Å²) >= 11 is 0. The largest absolute Gasteiger partial charge is 0.391 e. The smallest absolute Gasteiger partial charge is 0.249 e. The van der Waals surface area contributed by atoms with Gasteiger partial charge in [-0.25, -0.2) is 0 Å². The van der Waals surface area contributed by atoms with Gasteiger partial charge < -0.3 is 15.3 Å². The van der Waals surface area contributed by atoms with Gasteiger partial charge in [-0.3, -0.25) is 9.59 Å². The highest BCUT2D eigenvalue weighted by atomic mass is 16.3. The lowest BCUT2D eigenvalue weighted by Crippen LogP contribution is -2.47. The molecule has 2 rings (SSSR count). The summed E-state index contributed by atoms with van der Waals surface area (Å²) < 4.78 is 0. The maximum absolute atomic E-state index is 12.1. The fraction of sp³-hybridized carbons (Fsp3) is 0.571. The van der Waals surface area contributed by atoms with Crippen LogP contribution >= 0.6 is 0 Å². The predicted molar refractivity (Wildman–Crippen MR) is 71.0 cm³/mol. The Labute approximate surface area is 113 Å². The standard InChI is InChI=1S/C14H20N2O3/c1-8(2)5-13(19)15-12-6-11(18)14(4)7-10(17)9(3)16(12)14/h5-6,9-10,17H,7H2,1-4H3,(H,15,19)/t9-,10-,14+/m0/s1. The van der Waals surface area contributed by atoms with E-state index in [0.717, 1.165) is 5.57 Å². The molecule has 0 aromatic rings. The molecule has 3 atom stereocenters. The number of carbonyl (C=O) groups is 2. The first-order valence-corrected chi connectivity index (χ1v) is 6.45. The van der Waals surface area contributed by atoms with Crippen molar-refractivity contribution in [2.45, 2.75) is 51.8 Å². The lowest BCUT2D eigenvalue weighted by molar-refractivity contribution is -0.122. The Morgan fingerprint density at radius 3 is 2.79 bits per heavy atom. The zero-order valence-corrected chi connectivity index (χ0v) is 11.7. The second-order valence-corrected chi connectivity index (χ2v) is 5.76. The first-order valence-electron chi connectivity index (χ1n) is 6.45. The van der Waals surface area contributed by atoms with E-state index in [1.807, 2.05) is 25.7 Å². The topological polar surface area (TPSA) is 69.6 Å². The van der Waals surface area contributed by atoms with Crippen molar-refractivity contribution < 1.29 is 14.7 Å². The van der Waals surface area contributed by atoms with E-state index < -0.39 is 11.6 Å². The Morgan fingerprint density at radius 2 is 2.21 bits per heavy atom. The summed E-state index contributed by atoms with van der Waals surface area (Å²) in [5.41, 5.74) is 0.159. The molecule has 19 heavy (non-hydrogen) atoms. The van der Waals surface area contributed by atoms with Gasteiger partial charge in [0.2, 0.25) is 5.91 Å². The molecular formula is C14H20N2O3. The van der Waals surface area contributed by atoms with Crippen molar-refractivity contribution in [1.82, 2.24) is 10.2 Å². The van der Waals surface area contributed by atoms with Gasteiger partial charge in [0, 0.05) is 18.6 Å². The van der Waals surface area contributed by atoms with Crippen molar-refractivity contribution in [3.8, 4) is 0 Å². The van der Waals surface area contributed by atoms with Crippen LogP contribution in [-0.2, 0) is 9.59 Å². The summed E-state index contributed by atoms with van der Waals surface area (Å²) in [6, 6.07) is -0.185. The van der Waals surface area contributed by atoms with Crippen LogP contribution in [0.2, 0.25) is 0 Å². The SMILES string of the molecule is CC(C)=CC(=O)NC1=CC(=O)[C@@]2(C)C[C@H](O)[C@H](C)N12. The van der Waals surface area contributed by atoms with Crippen molar-refractivity contribution in [2.75, 3.05) is 0 Å². The van der Waals surface area contributed by atoms with Gasteiger partial charge in [0.15, 0.2) is 5.78 Å². The van der Waals surface area contributed by atoms with Crippen LogP contribution < -0.4 is 5.32 Å². The van der Waals surface area contributed by atoms with Gasteiger partial charge in [0.1, 0.15) is 11.4 Å². The molecule has 0 spiro atoms. The number of nitrogens with one attached hydrogen (secondary N) is 1. The second kappa shape index (κ2) is 4.49. The molecule has 0 radical (unpaired) electrons. The maximum atomic E-state index is 12.1. The van der Waals surface area contributed by atoms with Crippen LogP contribution in [0, 0.1) is 0 Å². The van der Waals surface area contributed by atoms with Crippen LogP contribution in [0.4, 0.5) is 0 Å². The fourth-order valence-electron chi connectivity index (χ4n) is 2.87. The summed E-state index contributed by atoms with van der Waals surface area (Å²) in [5.74, 6) is 0.166. The molecule has 1 saturated heterocycles. The number of amides is 1. The first-order chi connectivity index (χ1) is 8.75. The maximum Gasteiger partial charge on any atom is 0.249 e. The predicted octanol–water partition coefficient (Wildman–Crippen LogP) is 0.707. The number of hydrogen-bond acceptors (Lipinski definition) is 4. The molecule has 2 aliphatic rings. The Balaban J connectivity index is 2.24. The van der Waals surface area contributed by atoms with Crippen LogP contribution in [0.15, 0.2) is 23.5 Å². The fourth-order valence-corrected chi connectivity index (χ4v) is 2.87. The van der Waals surface area contributed by atoms with Crippen LogP contribution in [0.1, 0.15) is 34.1 Å². The average molecular weight is 264 g/mol. The number of aliphatic hydroxyl groups excluding tert-OH is 1. The molecule has 0 aromatic heterocycles. The molecule has 0 aromatic carbocycles. The van der Waals surface area contributed by atoms with Crippen LogP contribution in [0.25, 0.3) is 0 Å². The molecule has 104 valence electrons. The highest BCUT2D eigenvalue weighted by molar-refractivity contribution is 6.02. The third-order valence-electron chi connectivity index (χ3n) is 3.83. The summed E-state index contributed by atoms with van der Waals surface area (Å²) in [4.78, 5) is 25.7. The van der Waals surface area contributed by atoms with Gasteiger partial charge in [-0.2, -0.15) is 0 Å². The van der Waals surface area contributed by atoms with Gasteiger partial charge in [-0.05, 0) is 27.7 Å². The number of hydrogen-bond donors (Lipinski definition) is 2. The molecule has 2 heterocycles. The van der Waals surface area contributed by atoms with Gasteiger partial charge in [-0.1, -0.05) is 5.57 Å². The van der Waals surface area contributed by atoms with Crippen molar-refractivity contribution in [3.05, 3.63) is 23.5 Å². The van der Waals surface area contributed by atoms with E-state index >= 15 is 0 Å². The molecule has 1 amide bonds. The minimum absolute atomic E-state index is 0.0663. The zero-order valence-electron chi connectivity index (χ0n) is 11.7. The molecule has 5 heteroatoms. The van der Waals surface area contributed by atoms with E-state index in [1.54, 1.807) is 6.92 Å². The molecule has 0 bridgehead atoms. The molecule has 0 aliphatic carbocycles. The summed E-state index contributed by atoms with van der Waals surface area (Å²) in [6.07, 6.45) is 2.78. The number of allylic oxidation sites excluding steroid dienone is 1. The lowest BCUT2D eigenvalue weighted by Gasteiger charge is -2.33. The molecule has 1 fully saturated rings. The molecule has 0 saturated carbocycles. The van der Waals surface area contributed by atoms with Gasteiger partial charge in [-0.15, -0.1) is 0 Å². The number of nitrogens with zero attached hydrogens (tertiary/aromatic N) is 1. The van der Waals surface area contributed by atoms with Crippen LogP contribution in [0.5, 0.6) is 0 Å². The highest BCUT2D eigenvalue weighted by Crippen LogP contribution is 2.41. The van der Waals surface area contributed by atoms with Crippen molar-refractivity contribution in [2.24, 2.45) is 0 Å². The van der Waals surface area contributed by atoms with Gasteiger partial charge in [0.25, 0.3) is 0 Å². The average Bonchev–Trinajstić information content (AvgIpc) is 2.61. The van der Waals surface area contributed by atoms with E-state index in [9.17, 15) is 14.7 Å². The molecule has 2 aliphatic heterocycles. The lowest BCUT2D eigenvalue weighted by atomic mass is 9.95. The van der Waals surface area contributed by atoms with E-state index in [-0.39, 0.29) is 17.7 Å². The Hall–Kier alpha value is -1.62.